The van der Waals surface area contributed by atoms with Crippen molar-refractivity contribution in [2.75, 3.05) is 13.1 Å². The van der Waals surface area contributed by atoms with E-state index in [1.807, 2.05) is 4.90 Å². The molecule has 4 heteroatoms. The van der Waals surface area contributed by atoms with Crippen LogP contribution in [0.2, 0.25) is 0 Å². The molecule has 0 aliphatic carbocycles. The van der Waals surface area contributed by atoms with Gasteiger partial charge in [-0.15, -0.1) is 0 Å². The molecule has 1 fully saturated rings. The van der Waals surface area contributed by atoms with E-state index in [2.05, 4.69) is 0 Å². The fraction of sp³-hybridized carbons (Fsp3) is 0.727. The molecule has 4 nitrogen and oxygen atoms in total. The second-order valence-electron chi connectivity index (χ2n) is 4.26. The number of hydrogen-bond acceptors (Lipinski definition) is 3. The number of amides is 1. The maximum Gasteiger partial charge on any atom is 0.219 e. The Hall–Kier alpha value is -1.19. The molecule has 0 aromatic carbocycles. The van der Waals surface area contributed by atoms with Crippen LogP contribution in [0.25, 0.3) is 0 Å². The molecule has 1 saturated heterocycles. The maximum atomic E-state index is 11.1. The van der Waals surface area contributed by atoms with E-state index in [0.29, 0.717) is 17.8 Å². The largest absolute Gasteiger partial charge is 0.343 e. The number of carbonyl (C=O) groups is 1. The van der Waals surface area contributed by atoms with E-state index in [9.17, 15) is 4.79 Å². The Kier molecular flexibility index (Phi) is 4.00. The van der Waals surface area contributed by atoms with Gasteiger partial charge in [0, 0.05) is 43.8 Å². The van der Waals surface area contributed by atoms with Gasteiger partial charge in [-0.2, -0.15) is 0 Å². The number of rotatable bonds is 3. The van der Waals surface area contributed by atoms with Crippen molar-refractivity contribution in [3.05, 3.63) is 0 Å². The summed E-state index contributed by atoms with van der Waals surface area (Å²) in [6.07, 6.45) is 2.25. The monoisotopic (exact) mass is 209 g/mol. The van der Waals surface area contributed by atoms with E-state index in [4.69, 9.17) is 10.8 Å². The highest BCUT2D eigenvalue weighted by Gasteiger charge is 2.23. The second-order valence-corrected chi connectivity index (χ2v) is 4.26. The molecular weight excluding hydrogens is 190 g/mol. The molecule has 1 rings (SSSR count). The molecule has 0 aromatic rings. The van der Waals surface area contributed by atoms with E-state index < -0.39 is 0 Å². The van der Waals surface area contributed by atoms with E-state index in [1.54, 1.807) is 13.8 Å². The van der Waals surface area contributed by atoms with Gasteiger partial charge in [-0.05, 0) is 19.8 Å². The Morgan fingerprint density at radius 3 is 2.20 bits per heavy atom. The molecule has 0 saturated carbocycles. The van der Waals surface area contributed by atoms with Crippen molar-refractivity contribution in [2.24, 2.45) is 5.92 Å². The fourth-order valence-electron chi connectivity index (χ4n) is 1.97. The smallest absolute Gasteiger partial charge is 0.219 e. The van der Waals surface area contributed by atoms with Crippen molar-refractivity contribution >= 4 is 17.3 Å². The average Bonchev–Trinajstić information content (AvgIpc) is 2.17. The predicted octanol–water partition coefficient (Wildman–Crippen LogP) is 1.69. The van der Waals surface area contributed by atoms with Gasteiger partial charge < -0.3 is 15.7 Å². The van der Waals surface area contributed by atoms with Gasteiger partial charge in [0.1, 0.15) is 0 Å². The molecule has 1 aliphatic rings. The van der Waals surface area contributed by atoms with Gasteiger partial charge in [0.2, 0.25) is 5.91 Å². The summed E-state index contributed by atoms with van der Waals surface area (Å²) in [7, 11) is 0. The lowest BCUT2D eigenvalue weighted by Gasteiger charge is -2.31. The highest BCUT2D eigenvalue weighted by molar-refractivity contribution is 6.01. The van der Waals surface area contributed by atoms with Crippen LogP contribution in [0.4, 0.5) is 0 Å². The summed E-state index contributed by atoms with van der Waals surface area (Å²) in [6, 6.07) is 0. The molecular formula is C11H19N3O. The third-order valence-electron chi connectivity index (χ3n) is 2.89. The molecule has 0 radical (unpaired) electrons. The van der Waals surface area contributed by atoms with Crippen LogP contribution in [0.5, 0.6) is 0 Å². The first kappa shape index (κ1) is 11.9. The van der Waals surface area contributed by atoms with Crippen LogP contribution in [0.15, 0.2) is 0 Å². The molecule has 1 heterocycles. The summed E-state index contributed by atoms with van der Waals surface area (Å²) in [5.41, 5.74) is 1.21. The quantitative estimate of drug-likeness (QED) is 0.682. The van der Waals surface area contributed by atoms with Gasteiger partial charge in [0.25, 0.3) is 0 Å². The summed E-state index contributed by atoms with van der Waals surface area (Å²) >= 11 is 0. The normalized spacial score (nSPS) is 17.6. The van der Waals surface area contributed by atoms with Gasteiger partial charge in [-0.1, -0.05) is 0 Å². The van der Waals surface area contributed by atoms with Crippen LogP contribution in [0.1, 0.15) is 33.1 Å². The number of hydrogen-bond donors (Lipinski definition) is 2. The van der Waals surface area contributed by atoms with Crippen LogP contribution in [-0.4, -0.2) is 35.3 Å². The van der Waals surface area contributed by atoms with Gasteiger partial charge >= 0.3 is 0 Å². The summed E-state index contributed by atoms with van der Waals surface area (Å²) in [4.78, 5) is 12.9. The molecule has 2 N–H and O–H groups in total. The highest BCUT2D eigenvalue weighted by atomic mass is 16.2. The number of nitrogens with zero attached hydrogens (tertiary/aromatic N) is 1. The molecule has 15 heavy (non-hydrogen) atoms. The molecule has 0 bridgehead atoms. The lowest BCUT2D eigenvalue weighted by Crippen LogP contribution is -2.39. The predicted molar refractivity (Wildman–Crippen MR) is 60.7 cm³/mol. The fourth-order valence-corrected chi connectivity index (χ4v) is 1.97. The molecule has 1 aliphatic heterocycles. The first-order chi connectivity index (χ1) is 7.00. The zero-order chi connectivity index (χ0) is 11.4. The van der Waals surface area contributed by atoms with Crippen LogP contribution < -0.4 is 0 Å². The SMILES string of the molecule is CC(=N)CC(=N)C1CCN(C(C)=O)CC1. The van der Waals surface area contributed by atoms with E-state index in [1.165, 1.54) is 0 Å². The van der Waals surface area contributed by atoms with E-state index in [0.717, 1.165) is 25.9 Å². The van der Waals surface area contributed by atoms with Crippen molar-refractivity contribution in [1.29, 1.82) is 10.8 Å². The summed E-state index contributed by atoms with van der Waals surface area (Å²) in [5, 5.41) is 15.2. The third kappa shape index (κ3) is 3.46. The van der Waals surface area contributed by atoms with E-state index in [-0.39, 0.29) is 11.8 Å². The summed E-state index contributed by atoms with van der Waals surface area (Å²) in [6.45, 7) is 4.85. The van der Waals surface area contributed by atoms with Crippen molar-refractivity contribution in [3.8, 4) is 0 Å². The van der Waals surface area contributed by atoms with Gasteiger partial charge in [0.05, 0.1) is 0 Å². The highest BCUT2D eigenvalue weighted by Crippen LogP contribution is 2.19. The van der Waals surface area contributed by atoms with Gasteiger partial charge in [-0.25, -0.2) is 0 Å². The molecule has 0 atom stereocenters. The Labute approximate surface area is 90.7 Å². The zero-order valence-electron chi connectivity index (χ0n) is 9.47. The van der Waals surface area contributed by atoms with Gasteiger partial charge in [-0.3, -0.25) is 4.79 Å². The lowest BCUT2D eigenvalue weighted by molar-refractivity contribution is -0.129. The van der Waals surface area contributed by atoms with Crippen molar-refractivity contribution in [1.82, 2.24) is 4.90 Å². The van der Waals surface area contributed by atoms with Crippen LogP contribution in [0.3, 0.4) is 0 Å². The van der Waals surface area contributed by atoms with Crippen LogP contribution in [-0.2, 0) is 4.79 Å². The lowest BCUT2D eigenvalue weighted by atomic mass is 9.89. The van der Waals surface area contributed by atoms with E-state index >= 15 is 0 Å². The van der Waals surface area contributed by atoms with Crippen LogP contribution >= 0.6 is 0 Å². The topological polar surface area (TPSA) is 68.0 Å². The third-order valence-corrected chi connectivity index (χ3v) is 2.89. The van der Waals surface area contributed by atoms with Crippen LogP contribution in [0, 0.1) is 16.7 Å². The Morgan fingerprint density at radius 1 is 1.27 bits per heavy atom. The second kappa shape index (κ2) is 5.05. The molecule has 0 unspecified atom stereocenters. The summed E-state index contributed by atoms with van der Waals surface area (Å²) in [5.74, 6) is 0.407. The van der Waals surface area contributed by atoms with Crippen molar-refractivity contribution in [3.63, 3.8) is 0 Å². The number of carbonyl (C=O) groups excluding carboxylic acids is 1. The number of nitrogens with one attached hydrogen (secondary N) is 2. The van der Waals surface area contributed by atoms with Gasteiger partial charge in [0.15, 0.2) is 0 Å². The molecule has 0 aromatic heterocycles. The number of piperidine rings is 1. The minimum Gasteiger partial charge on any atom is -0.343 e. The Balaban J connectivity index is 2.40. The first-order valence-electron chi connectivity index (χ1n) is 5.37. The van der Waals surface area contributed by atoms with Crippen molar-refractivity contribution < 1.29 is 4.79 Å². The number of likely N-dealkylation sites (tertiary alicyclic amines) is 1. The first-order valence-corrected chi connectivity index (χ1v) is 5.37. The maximum absolute atomic E-state index is 11.1. The standard InChI is InChI=1S/C11H19N3O/c1-8(12)7-11(13)10-3-5-14(6-4-10)9(2)15/h10,12-13H,3-7H2,1-2H3. The molecule has 0 spiro atoms. The Morgan fingerprint density at radius 2 is 1.80 bits per heavy atom. The zero-order valence-corrected chi connectivity index (χ0v) is 9.47. The van der Waals surface area contributed by atoms with Crippen molar-refractivity contribution in [2.45, 2.75) is 33.1 Å². The minimum atomic E-state index is 0.128. The average molecular weight is 209 g/mol. The Bertz CT molecular complexity index is 278. The molecule has 1 amide bonds. The minimum absolute atomic E-state index is 0.128. The summed E-state index contributed by atoms with van der Waals surface area (Å²) < 4.78 is 0. The molecule has 84 valence electrons.